The largest absolute Gasteiger partial charge is 0.437 e. The van der Waals surface area contributed by atoms with E-state index >= 15 is 0 Å². The summed E-state index contributed by atoms with van der Waals surface area (Å²) in [5, 5.41) is 7.83. The Hall–Kier alpha value is -1.94. The van der Waals surface area contributed by atoms with Gasteiger partial charge in [-0.25, -0.2) is 0 Å². The lowest BCUT2D eigenvalue weighted by Crippen LogP contribution is -2.03. The highest BCUT2D eigenvalue weighted by molar-refractivity contribution is 5.39. The number of hydrogen-bond donors (Lipinski definition) is 1. The molecule has 1 aromatic carbocycles. The van der Waals surface area contributed by atoms with Crippen molar-refractivity contribution >= 4 is 0 Å². The van der Waals surface area contributed by atoms with Gasteiger partial charge in [0.2, 0.25) is 5.88 Å². The first-order valence-electron chi connectivity index (χ1n) is 5.99. The molecular weight excluding hydrogens is 226 g/mol. The van der Waals surface area contributed by atoms with Crippen molar-refractivity contribution in [1.82, 2.24) is 10.2 Å². The summed E-state index contributed by atoms with van der Waals surface area (Å²) >= 11 is 0. The summed E-state index contributed by atoms with van der Waals surface area (Å²) in [6, 6.07) is 9.76. The van der Waals surface area contributed by atoms with Gasteiger partial charge in [0.25, 0.3) is 0 Å². The number of aromatic nitrogens is 2. The Balaban J connectivity index is 2.34. The van der Waals surface area contributed by atoms with E-state index in [0.717, 1.165) is 16.9 Å². The van der Waals surface area contributed by atoms with E-state index in [4.69, 9.17) is 10.5 Å². The number of ether oxygens (including phenoxy) is 1. The maximum atomic E-state index is 5.84. The van der Waals surface area contributed by atoms with Crippen LogP contribution in [0.15, 0.2) is 36.5 Å². The zero-order chi connectivity index (χ0) is 13.0. The molecule has 0 aliphatic rings. The zero-order valence-electron chi connectivity index (χ0n) is 10.6. The summed E-state index contributed by atoms with van der Waals surface area (Å²) in [7, 11) is 0. The minimum Gasteiger partial charge on any atom is -0.437 e. The van der Waals surface area contributed by atoms with Crippen LogP contribution in [0.2, 0.25) is 0 Å². The smallest absolute Gasteiger partial charge is 0.243 e. The fourth-order valence-corrected chi connectivity index (χ4v) is 1.74. The summed E-state index contributed by atoms with van der Waals surface area (Å²) in [6.45, 7) is 4.64. The summed E-state index contributed by atoms with van der Waals surface area (Å²) in [5.41, 5.74) is 7.65. The SMILES string of the molecule is CC(C)c1ccccc1Oc1nnccc1CN. The van der Waals surface area contributed by atoms with Crippen molar-refractivity contribution < 1.29 is 4.74 Å². The molecule has 2 aromatic rings. The molecular formula is C14H17N3O. The second kappa shape index (κ2) is 5.60. The van der Waals surface area contributed by atoms with Gasteiger partial charge in [-0.2, -0.15) is 5.10 Å². The molecule has 0 radical (unpaired) electrons. The molecule has 0 fully saturated rings. The van der Waals surface area contributed by atoms with Gasteiger partial charge >= 0.3 is 0 Å². The van der Waals surface area contributed by atoms with Gasteiger partial charge < -0.3 is 10.5 Å². The third kappa shape index (κ3) is 2.65. The van der Waals surface area contributed by atoms with Crippen molar-refractivity contribution in [2.45, 2.75) is 26.3 Å². The van der Waals surface area contributed by atoms with E-state index in [-0.39, 0.29) is 0 Å². The van der Waals surface area contributed by atoms with Gasteiger partial charge in [0.05, 0.1) is 6.20 Å². The van der Waals surface area contributed by atoms with Crippen molar-refractivity contribution in [2.24, 2.45) is 5.73 Å². The predicted molar refractivity (Wildman–Crippen MR) is 70.5 cm³/mol. The lowest BCUT2D eigenvalue weighted by atomic mass is 10.0. The lowest BCUT2D eigenvalue weighted by Gasteiger charge is -2.13. The van der Waals surface area contributed by atoms with Crippen LogP contribution in [0, 0.1) is 0 Å². The molecule has 0 saturated carbocycles. The van der Waals surface area contributed by atoms with E-state index in [0.29, 0.717) is 18.3 Å². The molecule has 0 saturated heterocycles. The highest BCUT2D eigenvalue weighted by Crippen LogP contribution is 2.30. The first-order valence-corrected chi connectivity index (χ1v) is 5.99. The van der Waals surface area contributed by atoms with Gasteiger partial charge in [-0.3, -0.25) is 0 Å². The number of nitrogens with zero attached hydrogens (tertiary/aromatic N) is 2. The topological polar surface area (TPSA) is 61.0 Å². The Labute approximate surface area is 107 Å². The molecule has 18 heavy (non-hydrogen) atoms. The van der Waals surface area contributed by atoms with Gasteiger partial charge in [-0.05, 0) is 23.6 Å². The van der Waals surface area contributed by atoms with Gasteiger partial charge in [-0.15, -0.1) is 5.10 Å². The molecule has 1 aromatic heterocycles. The normalized spacial score (nSPS) is 10.7. The number of rotatable bonds is 4. The molecule has 0 amide bonds. The second-order valence-electron chi connectivity index (χ2n) is 4.36. The molecule has 0 bridgehead atoms. The van der Waals surface area contributed by atoms with E-state index in [9.17, 15) is 0 Å². The van der Waals surface area contributed by atoms with Crippen LogP contribution in [0.25, 0.3) is 0 Å². The van der Waals surface area contributed by atoms with E-state index in [1.165, 1.54) is 0 Å². The van der Waals surface area contributed by atoms with Crippen LogP contribution >= 0.6 is 0 Å². The van der Waals surface area contributed by atoms with Crippen molar-refractivity contribution in [2.75, 3.05) is 0 Å². The van der Waals surface area contributed by atoms with Crippen LogP contribution in [-0.4, -0.2) is 10.2 Å². The third-order valence-electron chi connectivity index (χ3n) is 2.73. The third-order valence-corrected chi connectivity index (χ3v) is 2.73. The Morgan fingerprint density at radius 2 is 2.00 bits per heavy atom. The standard InChI is InChI=1S/C14H17N3O/c1-10(2)12-5-3-4-6-13(12)18-14-11(9-15)7-8-16-17-14/h3-8,10H,9,15H2,1-2H3. The van der Waals surface area contributed by atoms with Crippen LogP contribution in [0.1, 0.15) is 30.9 Å². The van der Waals surface area contributed by atoms with Gasteiger partial charge in [0.15, 0.2) is 0 Å². The van der Waals surface area contributed by atoms with Crippen molar-refractivity contribution in [3.8, 4) is 11.6 Å². The number of benzene rings is 1. The number of hydrogen-bond acceptors (Lipinski definition) is 4. The fraction of sp³-hybridized carbons (Fsp3) is 0.286. The first kappa shape index (κ1) is 12.5. The van der Waals surface area contributed by atoms with E-state index < -0.39 is 0 Å². The second-order valence-corrected chi connectivity index (χ2v) is 4.36. The van der Waals surface area contributed by atoms with Gasteiger partial charge in [-0.1, -0.05) is 32.0 Å². The summed E-state index contributed by atoms with van der Waals surface area (Å²) in [5.74, 6) is 1.68. The lowest BCUT2D eigenvalue weighted by molar-refractivity contribution is 0.441. The average Bonchev–Trinajstić information content (AvgIpc) is 2.40. The monoisotopic (exact) mass is 243 g/mol. The molecule has 94 valence electrons. The molecule has 2 N–H and O–H groups in total. The highest BCUT2D eigenvalue weighted by atomic mass is 16.5. The predicted octanol–water partition coefficient (Wildman–Crippen LogP) is 2.85. The molecule has 4 nitrogen and oxygen atoms in total. The maximum absolute atomic E-state index is 5.84. The minimum atomic E-state index is 0.384. The quantitative estimate of drug-likeness (QED) is 0.897. The molecule has 0 atom stereocenters. The molecule has 2 rings (SSSR count). The first-order chi connectivity index (χ1) is 8.72. The molecule has 4 heteroatoms. The summed E-state index contributed by atoms with van der Waals surface area (Å²) < 4.78 is 5.84. The Morgan fingerprint density at radius 3 is 2.72 bits per heavy atom. The molecule has 0 aliphatic carbocycles. The average molecular weight is 243 g/mol. The van der Waals surface area contributed by atoms with Crippen LogP contribution in [-0.2, 0) is 6.54 Å². The van der Waals surface area contributed by atoms with Crippen LogP contribution in [0.5, 0.6) is 11.6 Å². The fourth-order valence-electron chi connectivity index (χ4n) is 1.74. The van der Waals surface area contributed by atoms with E-state index in [2.05, 4.69) is 30.1 Å². The highest BCUT2D eigenvalue weighted by Gasteiger charge is 2.10. The summed E-state index contributed by atoms with van der Waals surface area (Å²) in [6.07, 6.45) is 1.61. The van der Waals surface area contributed by atoms with E-state index in [1.54, 1.807) is 6.20 Å². The van der Waals surface area contributed by atoms with Gasteiger partial charge in [0.1, 0.15) is 5.75 Å². The van der Waals surface area contributed by atoms with Gasteiger partial charge in [0, 0.05) is 12.1 Å². The van der Waals surface area contributed by atoms with Crippen molar-refractivity contribution in [3.05, 3.63) is 47.7 Å². The molecule has 0 unspecified atom stereocenters. The van der Waals surface area contributed by atoms with Crippen LogP contribution in [0.3, 0.4) is 0 Å². The zero-order valence-corrected chi connectivity index (χ0v) is 10.6. The Morgan fingerprint density at radius 1 is 1.22 bits per heavy atom. The van der Waals surface area contributed by atoms with Crippen LogP contribution in [0.4, 0.5) is 0 Å². The van der Waals surface area contributed by atoms with Crippen molar-refractivity contribution in [3.63, 3.8) is 0 Å². The minimum absolute atomic E-state index is 0.384. The molecule has 0 spiro atoms. The van der Waals surface area contributed by atoms with Crippen molar-refractivity contribution in [1.29, 1.82) is 0 Å². The van der Waals surface area contributed by atoms with Crippen LogP contribution < -0.4 is 10.5 Å². The molecule has 1 heterocycles. The number of nitrogens with two attached hydrogens (primary N) is 1. The maximum Gasteiger partial charge on any atom is 0.243 e. The Kier molecular flexibility index (Phi) is 3.89. The Bertz CT molecular complexity index is 526. The van der Waals surface area contributed by atoms with E-state index in [1.807, 2.05) is 24.3 Å². The number of para-hydroxylation sites is 1. The summed E-state index contributed by atoms with van der Waals surface area (Å²) in [4.78, 5) is 0. The molecule has 0 aliphatic heterocycles.